The number of fused-ring (bicyclic) bond motifs is 1. The van der Waals surface area contributed by atoms with E-state index >= 15 is 0 Å². The van der Waals surface area contributed by atoms with Gasteiger partial charge in [0.05, 0.1) is 0 Å². The fourth-order valence-electron chi connectivity index (χ4n) is 1.68. The van der Waals surface area contributed by atoms with Gasteiger partial charge in [0.15, 0.2) is 0 Å². The molecule has 1 N–H and O–H groups in total. The van der Waals surface area contributed by atoms with Crippen molar-refractivity contribution in [2.75, 3.05) is 6.54 Å². The van der Waals surface area contributed by atoms with Crippen LogP contribution in [0, 0.1) is 0 Å². The molecule has 0 radical (unpaired) electrons. The first kappa shape index (κ1) is 8.75. The summed E-state index contributed by atoms with van der Waals surface area (Å²) in [6, 6.07) is 5.74. The van der Waals surface area contributed by atoms with Crippen LogP contribution in [-0.4, -0.2) is 12.5 Å². The van der Waals surface area contributed by atoms with E-state index in [0.29, 0.717) is 5.92 Å². The molecule has 2 rings (SSSR count). The monoisotopic (exact) mass is 239 g/mol. The standard InChI is InChI=1S/C10H10BrNO/c1-6-5-12-10(13)7-3-2-4-8(11)9(6)7/h2-4,6H,5H2,1H3,(H,12,13). The van der Waals surface area contributed by atoms with E-state index in [4.69, 9.17) is 0 Å². The maximum absolute atomic E-state index is 11.5. The van der Waals surface area contributed by atoms with Gasteiger partial charge in [0.25, 0.3) is 5.91 Å². The van der Waals surface area contributed by atoms with E-state index in [1.807, 2.05) is 18.2 Å². The molecule has 3 heteroatoms. The molecule has 0 spiro atoms. The molecule has 0 aliphatic carbocycles. The van der Waals surface area contributed by atoms with E-state index in [1.165, 1.54) is 0 Å². The van der Waals surface area contributed by atoms with Crippen LogP contribution in [0.1, 0.15) is 28.8 Å². The summed E-state index contributed by atoms with van der Waals surface area (Å²) >= 11 is 3.47. The number of benzene rings is 1. The molecule has 0 saturated heterocycles. The van der Waals surface area contributed by atoms with E-state index in [-0.39, 0.29) is 5.91 Å². The highest BCUT2D eigenvalue weighted by Crippen LogP contribution is 2.30. The van der Waals surface area contributed by atoms with Crippen molar-refractivity contribution >= 4 is 21.8 Å². The number of hydrogen-bond acceptors (Lipinski definition) is 1. The molecule has 1 aliphatic rings. The Labute approximate surface area is 85.5 Å². The first-order valence-corrected chi connectivity index (χ1v) is 5.06. The number of carbonyl (C=O) groups is 1. The van der Waals surface area contributed by atoms with E-state index in [0.717, 1.165) is 22.1 Å². The molecule has 0 saturated carbocycles. The van der Waals surface area contributed by atoms with Crippen LogP contribution in [-0.2, 0) is 0 Å². The largest absolute Gasteiger partial charge is 0.351 e. The van der Waals surface area contributed by atoms with Gasteiger partial charge in [0.2, 0.25) is 0 Å². The van der Waals surface area contributed by atoms with Gasteiger partial charge < -0.3 is 5.32 Å². The molecular formula is C10H10BrNO. The van der Waals surface area contributed by atoms with Crippen molar-refractivity contribution < 1.29 is 4.79 Å². The van der Waals surface area contributed by atoms with Crippen LogP contribution in [0.2, 0.25) is 0 Å². The van der Waals surface area contributed by atoms with Crippen molar-refractivity contribution in [3.05, 3.63) is 33.8 Å². The van der Waals surface area contributed by atoms with Crippen molar-refractivity contribution in [2.24, 2.45) is 0 Å². The summed E-state index contributed by atoms with van der Waals surface area (Å²) in [5.74, 6) is 0.428. The second-order valence-electron chi connectivity index (χ2n) is 3.31. The quantitative estimate of drug-likeness (QED) is 0.740. The Kier molecular flexibility index (Phi) is 2.12. The molecule has 1 amide bonds. The number of hydrogen-bond donors (Lipinski definition) is 1. The third kappa shape index (κ3) is 1.37. The van der Waals surface area contributed by atoms with Crippen LogP contribution in [0.25, 0.3) is 0 Å². The number of amides is 1. The highest BCUT2D eigenvalue weighted by atomic mass is 79.9. The van der Waals surface area contributed by atoms with Gasteiger partial charge in [-0.3, -0.25) is 4.79 Å². The summed E-state index contributed by atoms with van der Waals surface area (Å²) < 4.78 is 1.03. The fraction of sp³-hybridized carbons (Fsp3) is 0.300. The topological polar surface area (TPSA) is 29.1 Å². The summed E-state index contributed by atoms with van der Waals surface area (Å²) in [7, 11) is 0. The molecule has 13 heavy (non-hydrogen) atoms. The third-order valence-corrected chi connectivity index (χ3v) is 3.05. The molecule has 1 aromatic carbocycles. The number of halogens is 1. The first-order valence-electron chi connectivity index (χ1n) is 4.26. The molecule has 1 aliphatic heterocycles. The lowest BCUT2D eigenvalue weighted by Crippen LogP contribution is -2.34. The van der Waals surface area contributed by atoms with Gasteiger partial charge in [-0.2, -0.15) is 0 Å². The van der Waals surface area contributed by atoms with E-state index in [9.17, 15) is 4.79 Å². The average Bonchev–Trinajstić information content (AvgIpc) is 2.12. The number of carbonyl (C=O) groups excluding carboxylic acids is 1. The maximum atomic E-state index is 11.5. The number of rotatable bonds is 0. The van der Waals surface area contributed by atoms with Gasteiger partial charge in [-0.25, -0.2) is 0 Å². The van der Waals surface area contributed by atoms with Crippen LogP contribution in [0.5, 0.6) is 0 Å². The fourth-order valence-corrected chi connectivity index (χ4v) is 2.44. The van der Waals surface area contributed by atoms with Gasteiger partial charge in [0, 0.05) is 22.5 Å². The lowest BCUT2D eigenvalue weighted by molar-refractivity contribution is 0.0941. The molecular weight excluding hydrogens is 230 g/mol. The Morgan fingerprint density at radius 3 is 3.00 bits per heavy atom. The predicted molar refractivity (Wildman–Crippen MR) is 54.9 cm³/mol. The predicted octanol–water partition coefficient (Wildman–Crippen LogP) is 2.30. The summed E-state index contributed by atoms with van der Waals surface area (Å²) in [5, 5.41) is 2.86. The zero-order valence-electron chi connectivity index (χ0n) is 7.30. The molecule has 0 bridgehead atoms. The zero-order valence-corrected chi connectivity index (χ0v) is 8.89. The summed E-state index contributed by atoms with van der Waals surface area (Å²) in [6.45, 7) is 2.84. The van der Waals surface area contributed by atoms with Gasteiger partial charge in [-0.05, 0) is 17.7 Å². The summed E-state index contributed by atoms with van der Waals surface area (Å²) in [5.41, 5.74) is 1.93. The normalized spacial score (nSPS) is 20.8. The molecule has 1 aromatic rings. The van der Waals surface area contributed by atoms with E-state index < -0.39 is 0 Å². The maximum Gasteiger partial charge on any atom is 0.251 e. The Hall–Kier alpha value is -0.830. The van der Waals surface area contributed by atoms with Gasteiger partial charge in [-0.15, -0.1) is 0 Å². The Morgan fingerprint density at radius 2 is 2.31 bits per heavy atom. The molecule has 1 atom stereocenters. The van der Waals surface area contributed by atoms with Crippen LogP contribution < -0.4 is 5.32 Å². The first-order chi connectivity index (χ1) is 6.20. The van der Waals surface area contributed by atoms with Gasteiger partial charge >= 0.3 is 0 Å². The third-order valence-electron chi connectivity index (χ3n) is 2.36. The van der Waals surface area contributed by atoms with Crippen molar-refractivity contribution in [3.8, 4) is 0 Å². The molecule has 1 unspecified atom stereocenters. The van der Waals surface area contributed by atoms with Crippen molar-refractivity contribution in [1.29, 1.82) is 0 Å². The van der Waals surface area contributed by atoms with Crippen LogP contribution in [0.3, 0.4) is 0 Å². The molecule has 68 valence electrons. The molecule has 0 fully saturated rings. The zero-order chi connectivity index (χ0) is 9.42. The van der Waals surface area contributed by atoms with Crippen molar-refractivity contribution in [1.82, 2.24) is 5.32 Å². The van der Waals surface area contributed by atoms with Crippen LogP contribution in [0.15, 0.2) is 22.7 Å². The molecule has 2 nitrogen and oxygen atoms in total. The summed E-state index contributed by atoms with van der Waals surface area (Å²) in [4.78, 5) is 11.5. The van der Waals surface area contributed by atoms with Gasteiger partial charge in [0.1, 0.15) is 0 Å². The van der Waals surface area contributed by atoms with Crippen LogP contribution >= 0.6 is 15.9 Å². The van der Waals surface area contributed by atoms with Crippen molar-refractivity contribution in [3.63, 3.8) is 0 Å². The van der Waals surface area contributed by atoms with Gasteiger partial charge in [-0.1, -0.05) is 28.9 Å². The SMILES string of the molecule is CC1CNC(=O)c2cccc(Br)c21. The minimum absolute atomic E-state index is 0.0365. The second kappa shape index (κ2) is 3.14. The Bertz CT molecular complexity index is 362. The lowest BCUT2D eigenvalue weighted by atomic mass is 9.92. The minimum Gasteiger partial charge on any atom is -0.351 e. The lowest BCUT2D eigenvalue weighted by Gasteiger charge is -2.23. The molecule has 0 aromatic heterocycles. The highest BCUT2D eigenvalue weighted by Gasteiger charge is 2.23. The smallest absolute Gasteiger partial charge is 0.251 e. The Morgan fingerprint density at radius 1 is 1.54 bits per heavy atom. The highest BCUT2D eigenvalue weighted by molar-refractivity contribution is 9.10. The summed E-state index contributed by atoms with van der Waals surface area (Å²) in [6.07, 6.45) is 0. The van der Waals surface area contributed by atoms with E-state index in [1.54, 1.807) is 0 Å². The van der Waals surface area contributed by atoms with E-state index in [2.05, 4.69) is 28.2 Å². The number of nitrogens with one attached hydrogen (secondary N) is 1. The Balaban J connectivity index is 2.63. The average molecular weight is 240 g/mol. The minimum atomic E-state index is 0.0365. The second-order valence-corrected chi connectivity index (χ2v) is 4.17. The van der Waals surface area contributed by atoms with Crippen LogP contribution in [0.4, 0.5) is 0 Å². The molecule has 1 heterocycles. The van der Waals surface area contributed by atoms with Crippen molar-refractivity contribution in [2.45, 2.75) is 12.8 Å².